The van der Waals surface area contributed by atoms with E-state index in [-0.39, 0.29) is 11.7 Å². The lowest BCUT2D eigenvalue weighted by molar-refractivity contribution is 0.0992. The van der Waals surface area contributed by atoms with Crippen LogP contribution in [0.25, 0.3) is 0 Å². The van der Waals surface area contributed by atoms with E-state index in [0.29, 0.717) is 27.7 Å². The van der Waals surface area contributed by atoms with Crippen LogP contribution in [0.15, 0.2) is 60.8 Å². The number of benzene rings is 2. The van der Waals surface area contributed by atoms with Gasteiger partial charge in [0.2, 0.25) is 0 Å². The topological polar surface area (TPSA) is 45.2 Å². The van der Waals surface area contributed by atoms with Crippen LogP contribution in [-0.2, 0) is 0 Å². The monoisotopic (exact) mass is 367 g/mol. The van der Waals surface area contributed by atoms with E-state index in [9.17, 15) is 9.18 Å². The number of nitrogens with zero attached hydrogens (tertiary/aromatic N) is 2. The van der Waals surface area contributed by atoms with Gasteiger partial charge >= 0.3 is 0 Å². The fourth-order valence-corrected chi connectivity index (χ4v) is 3.16. The van der Waals surface area contributed by atoms with Crippen molar-refractivity contribution in [3.05, 3.63) is 88.3 Å². The molecule has 1 atom stereocenters. The first-order valence-corrected chi connectivity index (χ1v) is 8.49. The molecule has 4 rings (SSSR count). The second-order valence-electron chi connectivity index (χ2n) is 6.11. The molecule has 0 unspecified atom stereocenters. The summed E-state index contributed by atoms with van der Waals surface area (Å²) in [4.78, 5) is 18.8. The molecule has 130 valence electrons. The third-order valence-electron chi connectivity index (χ3n) is 4.40. The molecule has 1 amide bonds. The van der Waals surface area contributed by atoms with Gasteiger partial charge in [-0.15, -0.1) is 0 Å². The fourth-order valence-electron chi connectivity index (χ4n) is 3.05. The molecule has 0 aliphatic carbocycles. The molecule has 0 bridgehead atoms. The maximum absolute atomic E-state index is 13.9. The van der Waals surface area contributed by atoms with Gasteiger partial charge in [0.25, 0.3) is 5.91 Å². The molecule has 1 N–H and O–H groups in total. The Morgan fingerprint density at radius 3 is 2.69 bits per heavy atom. The molecule has 1 aromatic heterocycles. The Kier molecular flexibility index (Phi) is 4.09. The van der Waals surface area contributed by atoms with E-state index in [1.807, 2.05) is 18.2 Å². The van der Waals surface area contributed by atoms with Crippen molar-refractivity contribution in [2.45, 2.75) is 13.1 Å². The number of hydrogen-bond donors (Lipinski definition) is 1. The quantitative estimate of drug-likeness (QED) is 0.712. The second kappa shape index (κ2) is 6.42. The molecular weight excluding hydrogens is 353 g/mol. The molecular formula is C20H15ClFN3O. The summed E-state index contributed by atoms with van der Waals surface area (Å²) in [6.45, 7) is 1.71. The molecule has 0 saturated heterocycles. The SMILES string of the molecule is Cc1ccc(N[C@@H]2c3ccccc3C(=O)N2c2ccc(Cl)cn2)cc1F. The molecule has 0 spiro atoms. The number of nitrogens with one attached hydrogen (secondary N) is 1. The zero-order valence-corrected chi connectivity index (χ0v) is 14.7. The molecule has 1 aliphatic heterocycles. The van der Waals surface area contributed by atoms with Crippen LogP contribution < -0.4 is 10.2 Å². The van der Waals surface area contributed by atoms with Gasteiger partial charge in [0.05, 0.1) is 5.02 Å². The minimum Gasteiger partial charge on any atom is -0.361 e. The lowest BCUT2D eigenvalue weighted by atomic mass is 10.1. The van der Waals surface area contributed by atoms with E-state index < -0.39 is 6.17 Å². The molecule has 1 aliphatic rings. The Labute approximate surface area is 155 Å². The van der Waals surface area contributed by atoms with E-state index in [1.54, 1.807) is 42.2 Å². The van der Waals surface area contributed by atoms with Gasteiger partial charge in [0, 0.05) is 23.0 Å². The molecule has 0 fully saturated rings. The number of carbonyl (C=O) groups excluding carboxylic acids is 1. The van der Waals surface area contributed by atoms with Gasteiger partial charge in [0.15, 0.2) is 0 Å². The molecule has 6 heteroatoms. The summed E-state index contributed by atoms with van der Waals surface area (Å²) in [5.74, 6) is 0.00460. The number of rotatable bonds is 3. The van der Waals surface area contributed by atoms with Crippen molar-refractivity contribution in [1.29, 1.82) is 0 Å². The average Bonchev–Trinajstić information content (AvgIpc) is 2.92. The zero-order chi connectivity index (χ0) is 18.3. The van der Waals surface area contributed by atoms with Gasteiger partial charge < -0.3 is 5.32 Å². The van der Waals surface area contributed by atoms with Gasteiger partial charge in [-0.25, -0.2) is 9.37 Å². The molecule has 0 saturated carbocycles. The number of fused-ring (bicyclic) bond motifs is 1. The predicted molar refractivity (Wildman–Crippen MR) is 100.0 cm³/mol. The summed E-state index contributed by atoms with van der Waals surface area (Å²) >= 11 is 5.92. The van der Waals surface area contributed by atoms with Gasteiger partial charge in [-0.3, -0.25) is 9.69 Å². The minimum absolute atomic E-state index is 0.166. The highest BCUT2D eigenvalue weighted by Gasteiger charge is 2.38. The van der Waals surface area contributed by atoms with Gasteiger partial charge in [-0.2, -0.15) is 0 Å². The van der Waals surface area contributed by atoms with Crippen LogP contribution in [0.5, 0.6) is 0 Å². The highest BCUT2D eigenvalue weighted by Crippen LogP contribution is 2.37. The standard InChI is InChI=1S/C20H15ClFN3O/c1-12-6-8-14(10-17(12)22)24-19-15-4-2-3-5-16(15)20(26)25(19)18-9-7-13(21)11-23-18/h2-11,19,24H,1H3/t19-/m0/s1. The molecule has 4 nitrogen and oxygen atoms in total. The third-order valence-corrected chi connectivity index (χ3v) is 4.62. The highest BCUT2D eigenvalue weighted by molar-refractivity contribution is 6.30. The minimum atomic E-state index is -0.491. The summed E-state index contributed by atoms with van der Waals surface area (Å²) in [6, 6.07) is 15.6. The number of pyridine rings is 1. The summed E-state index contributed by atoms with van der Waals surface area (Å²) in [5, 5.41) is 3.74. The molecule has 3 aromatic rings. The first-order chi connectivity index (χ1) is 12.5. The van der Waals surface area contributed by atoms with Crippen LogP contribution in [0.1, 0.15) is 27.7 Å². The number of carbonyl (C=O) groups is 1. The fraction of sp³-hybridized carbons (Fsp3) is 0.100. The van der Waals surface area contributed by atoms with Crippen molar-refractivity contribution < 1.29 is 9.18 Å². The zero-order valence-electron chi connectivity index (χ0n) is 13.9. The van der Waals surface area contributed by atoms with Crippen molar-refractivity contribution in [1.82, 2.24) is 4.98 Å². The Morgan fingerprint density at radius 2 is 1.96 bits per heavy atom. The Hall–Kier alpha value is -2.92. The molecule has 26 heavy (non-hydrogen) atoms. The number of anilines is 2. The van der Waals surface area contributed by atoms with E-state index in [0.717, 1.165) is 5.56 Å². The highest BCUT2D eigenvalue weighted by atomic mass is 35.5. The Balaban J connectivity index is 1.77. The van der Waals surface area contributed by atoms with Crippen molar-refractivity contribution in [3.63, 3.8) is 0 Å². The predicted octanol–water partition coefficient (Wildman–Crippen LogP) is 4.95. The lowest BCUT2D eigenvalue weighted by Gasteiger charge is -2.26. The first-order valence-electron chi connectivity index (χ1n) is 8.11. The normalized spacial score (nSPS) is 15.9. The summed E-state index contributed by atoms with van der Waals surface area (Å²) < 4.78 is 13.9. The van der Waals surface area contributed by atoms with Crippen molar-refractivity contribution in [3.8, 4) is 0 Å². The molecule has 2 heterocycles. The first kappa shape index (κ1) is 16.5. The Morgan fingerprint density at radius 1 is 1.15 bits per heavy atom. The third kappa shape index (κ3) is 2.80. The van der Waals surface area contributed by atoms with Crippen molar-refractivity contribution in [2.24, 2.45) is 0 Å². The van der Waals surface area contributed by atoms with Crippen LogP contribution in [-0.4, -0.2) is 10.9 Å². The average molecular weight is 368 g/mol. The number of aromatic nitrogens is 1. The van der Waals surface area contributed by atoms with E-state index >= 15 is 0 Å². The number of aryl methyl sites for hydroxylation is 1. The summed E-state index contributed by atoms with van der Waals surface area (Å²) in [7, 11) is 0. The summed E-state index contributed by atoms with van der Waals surface area (Å²) in [6.07, 6.45) is 1.00. The molecule has 2 aromatic carbocycles. The molecule has 0 radical (unpaired) electrons. The van der Waals surface area contributed by atoms with Crippen LogP contribution in [0.2, 0.25) is 5.02 Å². The van der Waals surface area contributed by atoms with Crippen molar-refractivity contribution >= 4 is 29.0 Å². The van der Waals surface area contributed by atoms with Crippen LogP contribution in [0.3, 0.4) is 0 Å². The largest absolute Gasteiger partial charge is 0.361 e. The number of amides is 1. The van der Waals surface area contributed by atoms with Crippen LogP contribution in [0.4, 0.5) is 15.9 Å². The van der Waals surface area contributed by atoms with E-state index in [2.05, 4.69) is 10.3 Å². The smallest absolute Gasteiger partial charge is 0.261 e. The van der Waals surface area contributed by atoms with Gasteiger partial charge in [-0.1, -0.05) is 35.9 Å². The van der Waals surface area contributed by atoms with Gasteiger partial charge in [-0.05, 0) is 42.8 Å². The number of hydrogen-bond acceptors (Lipinski definition) is 3. The lowest BCUT2D eigenvalue weighted by Crippen LogP contribution is -2.32. The summed E-state index contributed by atoms with van der Waals surface area (Å²) in [5.41, 5.74) is 2.56. The van der Waals surface area contributed by atoms with Crippen LogP contribution in [0, 0.1) is 12.7 Å². The van der Waals surface area contributed by atoms with E-state index in [4.69, 9.17) is 11.6 Å². The number of halogens is 2. The van der Waals surface area contributed by atoms with E-state index in [1.165, 1.54) is 12.3 Å². The van der Waals surface area contributed by atoms with Crippen LogP contribution >= 0.6 is 11.6 Å². The maximum atomic E-state index is 13.9. The van der Waals surface area contributed by atoms with Crippen molar-refractivity contribution in [2.75, 3.05) is 10.2 Å². The second-order valence-corrected chi connectivity index (χ2v) is 6.54. The maximum Gasteiger partial charge on any atom is 0.261 e. The Bertz CT molecular complexity index is 991. The van der Waals surface area contributed by atoms with Gasteiger partial charge in [0.1, 0.15) is 17.8 Å².